The van der Waals surface area contributed by atoms with Crippen LogP contribution in [-0.2, 0) is 0 Å². The summed E-state index contributed by atoms with van der Waals surface area (Å²) in [6, 6.07) is 8.89. The van der Waals surface area contributed by atoms with Gasteiger partial charge < -0.3 is 0 Å². The average molecular weight is 198 g/mol. The first-order valence-corrected chi connectivity index (χ1v) is 5.60. The Labute approximate surface area is 92.3 Å². The van der Waals surface area contributed by atoms with Gasteiger partial charge in [0.15, 0.2) is 0 Å². The summed E-state index contributed by atoms with van der Waals surface area (Å²) in [4.78, 5) is 0. The highest BCUT2D eigenvalue weighted by Crippen LogP contribution is 2.31. The Hall–Kier alpha value is -1.30. The number of hydrogen-bond donors (Lipinski definition) is 0. The molecule has 0 amide bonds. The quantitative estimate of drug-likeness (QED) is 0.633. The Balaban J connectivity index is 2.31. The maximum absolute atomic E-state index is 2.37. The Morgan fingerprint density at radius 3 is 2.33 bits per heavy atom. The molecule has 0 fully saturated rings. The predicted octanol–water partition coefficient (Wildman–Crippen LogP) is 4.23. The first-order chi connectivity index (χ1) is 7.16. The van der Waals surface area contributed by atoms with Crippen LogP contribution in [0.25, 0.3) is 0 Å². The molecule has 0 N–H and O–H groups in total. The SMILES string of the molecule is CC1=CC(c2ccc(C)cc2)C(C)C=C1. The molecule has 0 heteroatoms. The summed E-state index contributed by atoms with van der Waals surface area (Å²) in [6.45, 7) is 6.59. The van der Waals surface area contributed by atoms with Gasteiger partial charge in [-0.25, -0.2) is 0 Å². The molecule has 2 unspecified atom stereocenters. The third kappa shape index (κ3) is 2.20. The van der Waals surface area contributed by atoms with Crippen LogP contribution in [0, 0.1) is 12.8 Å². The molecular weight excluding hydrogens is 180 g/mol. The largest absolute Gasteiger partial charge is 0.0805 e. The van der Waals surface area contributed by atoms with E-state index in [4.69, 9.17) is 0 Å². The lowest BCUT2D eigenvalue weighted by molar-refractivity contribution is 0.630. The van der Waals surface area contributed by atoms with E-state index in [-0.39, 0.29) is 0 Å². The molecule has 0 aliphatic heterocycles. The average Bonchev–Trinajstić information content (AvgIpc) is 2.23. The minimum atomic E-state index is 0.551. The van der Waals surface area contributed by atoms with E-state index in [9.17, 15) is 0 Å². The van der Waals surface area contributed by atoms with Gasteiger partial charge in [0, 0.05) is 5.92 Å². The Morgan fingerprint density at radius 2 is 1.67 bits per heavy atom. The van der Waals surface area contributed by atoms with E-state index in [1.54, 1.807) is 0 Å². The number of aryl methyl sites for hydroxylation is 1. The Kier molecular flexibility index (Phi) is 2.77. The molecular formula is C15H18. The molecule has 0 spiro atoms. The van der Waals surface area contributed by atoms with Crippen molar-refractivity contribution in [2.45, 2.75) is 26.7 Å². The Morgan fingerprint density at radius 1 is 1.00 bits per heavy atom. The maximum atomic E-state index is 2.37. The molecule has 0 saturated heterocycles. The predicted molar refractivity (Wildman–Crippen MR) is 66.0 cm³/mol. The summed E-state index contributed by atoms with van der Waals surface area (Å²) in [5, 5.41) is 0. The molecule has 2 atom stereocenters. The van der Waals surface area contributed by atoms with Crippen LogP contribution in [0.15, 0.2) is 48.1 Å². The molecule has 2 rings (SSSR count). The van der Waals surface area contributed by atoms with Gasteiger partial charge in [-0.3, -0.25) is 0 Å². The lowest BCUT2D eigenvalue weighted by Crippen LogP contribution is -2.08. The summed E-state index contributed by atoms with van der Waals surface area (Å²) in [6.07, 6.45) is 6.89. The van der Waals surface area contributed by atoms with Gasteiger partial charge in [0.2, 0.25) is 0 Å². The van der Waals surface area contributed by atoms with Gasteiger partial charge in [0.05, 0.1) is 0 Å². The number of benzene rings is 1. The molecule has 78 valence electrons. The summed E-state index contributed by atoms with van der Waals surface area (Å²) < 4.78 is 0. The van der Waals surface area contributed by atoms with Crippen molar-refractivity contribution in [2.24, 2.45) is 5.92 Å². The van der Waals surface area contributed by atoms with Gasteiger partial charge in [-0.1, -0.05) is 60.6 Å². The van der Waals surface area contributed by atoms with Crippen molar-refractivity contribution >= 4 is 0 Å². The minimum absolute atomic E-state index is 0.551. The van der Waals surface area contributed by atoms with Crippen molar-refractivity contribution in [3.8, 4) is 0 Å². The van der Waals surface area contributed by atoms with Crippen molar-refractivity contribution in [1.29, 1.82) is 0 Å². The first kappa shape index (κ1) is 10.2. The summed E-state index contributed by atoms with van der Waals surface area (Å²) in [5.74, 6) is 1.16. The zero-order valence-electron chi connectivity index (χ0n) is 9.70. The van der Waals surface area contributed by atoms with E-state index in [0.717, 1.165) is 0 Å². The maximum Gasteiger partial charge on any atom is 0.00839 e. The van der Waals surface area contributed by atoms with Crippen LogP contribution in [0.3, 0.4) is 0 Å². The molecule has 0 radical (unpaired) electrons. The topological polar surface area (TPSA) is 0 Å². The molecule has 1 aliphatic carbocycles. The highest BCUT2D eigenvalue weighted by Gasteiger charge is 2.17. The standard InChI is InChI=1S/C15H18/c1-11-5-8-14(9-6-11)15-10-12(2)4-7-13(15)3/h4-10,13,15H,1-3H3. The zero-order valence-corrected chi connectivity index (χ0v) is 9.70. The van der Waals surface area contributed by atoms with E-state index in [2.05, 4.69) is 63.3 Å². The van der Waals surface area contributed by atoms with Gasteiger partial charge in [0.25, 0.3) is 0 Å². The molecule has 15 heavy (non-hydrogen) atoms. The van der Waals surface area contributed by atoms with Crippen molar-refractivity contribution in [3.05, 3.63) is 59.2 Å². The second-order valence-electron chi connectivity index (χ2n) is 4.57. The lowest BCUT2D eigenvalue weighted by atomic mass is 9.82. The summed E-state index contributed by atoms with van der Waals surface area (Å²) in [7, 11) is 0. The van der Waals surface area contributed by atoms with E-state index in [1.807, 2.05) is 0 Å². The van der Waals surface area contributed by atoms with Crippen LogP contribution in [0.1, 0.15) is 30.9 Å². The number of rotatable bonds is 1. The third-order valence-electron chi connectivity index (χ3n) is 3.13. The fourth-order valence-corrected chi connectivity index (χ4v) is 2.10. The van der Waals surface area contributed by atoms with Crippen molar-refractivity contribution in [1.82, 2.24) is 0 Å². The van der Waals surface area contributed by atoms with E-state index < -0.39 is 0 Å². The third-order valence-corrected chi connectivity index (χ3v) is 3.13. The molecule has 0 heterocycles. The smallest absolute Gasteiger partial charge is 0.00839 e. The van der Waals surface area contributed by atoms with Crippen molar-refractivity contribution in [3.63, 3.8) is 0 Å². The van der Waals surface area contributed by atoms with Crippen molar-refractivity contribution in [2.75, 3.05) is 0 Å². The minimum Gasteiger partial charge on any atom is -0.0805 e. The van der Waals surface area contributed by atoms with E-state index >= 15 is 0 Å². The molecule has 0 aromatic heterocycles. The first-order valence-electron chi connectivity index (χ1n) is 5.60. The van der Waals surface area contributed by atoms with E-state index in [0.29, 0.717) is 11.8 Å². The van der Waals surface area contributed by atoms with Gasteiger partial charge >= 0.3 is 0 Å². The van der Waals surface area contributed by atoms with Crippen LogP contribution in [0.5, 0.6) is 0 Å². The number of hydrogen-bond acceptors (Lipinski definition) is 0. The number of allylic oxidation sites excluding steroid dienone is 4. The van der Waals surface area contributed by atoms with Crippen LogP contribution in [0.4, 0.5) is 0 Å². The highest BCUT2D eigenvalue weighted by molar-refractivity contribution is 5.35. The van der Waals surface area contributed by atoms with Crippen LogP contribution in [0.2, 0.25) is 0 Å². The summed E-state index contributed by atoms with van der Waals surface area (Å²) >= 11 is 0. The molecule has 1 aromatic rings. The van der Waals surface area contributed by atoms with Gasteiger partial charge in [-0.05, 0) is 25.3 Å². The van der Waals surface area contributed by atoms with Crippen LogP contribution in [-0.4, -0.2) is 0 Å². The zero-order chi connectivity index (χ0) is 10.8. The normalized spacial score (nSPS) is 25.1. The molecule has 0 bridgehead atoms. The fourth-order valence-electron chi connectivity index (χ4n) is 2.10. The Bertz CT molecular complexity index is 393. The second kappa shape index (κ2) is 4.06. The van der Waals surface area contributed by atoms with Crippen LogP contribution >= 0.6 is 0 Å². The molecule has 1 aromatic carbocycles. The van der Waals surface area contributed by atoms with Gasteiger partial charge in [0.1, 0.15) is 0 Å². The molecule has 1 aliphatic rings. The summed E-state index contributed by atoms with van der Waals surface area (Å²) in [5.41, 5.74) is 4.13. The van der Waals surface area contributed by atoms with Gasteiger partial charge in [-0.15, -0.1) is 0 Å². The second-order valence-corrected chi connectivity index (χ2v) is 4.57. The van der Waals surface area contributed by atoms with Crippen molar-refractivity contribution < 1.29 is 0 Å². The molecule has 0 saturated carbocycles. The van der Waals surface area contributed by atoms with E-state index in [1.165, 1.54) is 16.7 Å². The monoisotopic (exact) mass is 198 g/mol. The lowest BCUT2D eigenvalue weighted by Gasteiger charge is -2.22. The molecule has 0 nitrogen and oxygen atoms in total. The highest BCUT2D eigenvalue weighted by atomic mass is 14.2. The fraction of sp³-hybridized carbons (Fsp3) is 0.333. The van der Waals surface area contributed by atoms with Gasteiger partial charge in [-0.2, -0.15) is 0 Å². The van der Waals surface area contributed by atoms with Crippen LogP contribution < -0.4 is 0 Å².